The highest BCUT2D eigenvalue weighted by Gasteiger charge is 2.26. The van der Waals surface area contributed by atoms with Crippen LogP contribution in [0.2, 0.25) is 0 Å². The van der Waals surface area contributed by atoms with Gasteiger partial charge in [-0.15, -0.1) is 0 Å². The Morgan fingerprint density at radius 3 is 2.79 bits per heavy atom. The maximum absolute atomic E-state index is 12.9. The molecule has 1 atom stereocenters. The summed E-state index contributed by atoms with van der Waals surface area (Å²) in [5.74, 6) is 1.28. The minimum Gasteiger partial charge on any atom is -0.486 e. The molecule has 1 unspecified atom stereocenters. The van der Waals surface area contributed by atoms with Crippen LogP contribution in [-0.2, 0) is 0 Å². The van der Waals surface area contributed by atoms with Crippen molar-refractivity contribution in [3.8, 4) is 11.5 Å². The lowest BCUT2D eigenvalue weighted by atomic mass is 10.0. The van der Waals surface area contributed by atoms with E-state index in [0.29, 0.717) is 26.3 Å². The molecule has 1 saturated heterocycles. The lowest BCUT2D eigenvalue weighted by Gasteiger charge is -2.34. The first-order valence-electron chi connectivity index (χ1n) is 9.67. The molecule has 1 fully saturated rings. The second-order valence-electron chi connectivity index (χ2n) is 7.41. The van der Waals surface area contributed by atoms with Crippen LogP contribution < -0.4 is 20.3 Å². The number of rotatable bonds is 3. The van der Waals surface area contributed by atoms with Gasteiger partial charge in [-0.2, -0.15) is 0 Å². The molecule has 2 aliphatic rings. The van der Waals surface area contributed by atoms with Crippen LogP contribution in [0.25, 0.3) is 0 Å². The number of piperidine rings is 1. The molecule has 28 heavy (non-hydrogen) atoms. The molecule has 3 heterocycles. The Bertz CT molecular complexity index is 953. The number of H-pyrrole nitrogens is 1. The fraction of sp³-hybridized carbons (Fsp3) is 0.429. The number of nitrogens with one attached hydrogen (secondary N) is 2. The third-order valence-corrected chi connectivity index (χ3v) is 5.35. The van der Waals surface area contributed by atoms with Crippen LogP contribution in [0.5, 0.6) is 11.5 Å². The van der Waals surface area contributed by atoms with Gasteiger partial charge in [0.2, 0.25) is 0 Å². The SMILES string of the molecule is Cc1cc(C(=O)N2CCCC(Nc3ccc4c(c3)OCCO4)C2)c(=O)[nH]c1C. The molecule has 4 rings (SSSR count). The van der Waals surface area contributed by atoms with Gasteiger partial charge in [0.15, 0.2) is 11.5 Å². The molecule has 7 heteroatoms. The topological polar surface area (TPSA) is 83.7 Å². The maximum atomic E-state index is 12.9. The number of benzene rings is 1. The molecular weight excluding hydrogens is 358 g/mol. The summed E-state index contributed by atoms with van der Waals surface area (Å²) in [6.07, 6.45) is 1.85. The van der Waals surface area contributed by atoms with E-state index in [4.69, 9.17) is 9.47 Å². The standard InChI is InChI=1S/C21H25N3O4/c1-13-10-17(20(25)22-14(13)2)21(26)24-7-3-4-16(12-24)23-15-5-6-18-19(11-15)28-9-8-27-18/h5-6,10-11,16,23H,3-4,7-9,12H2,1-2H3,(H,22,25). The molecule has 1 amide bonds. The molecule has 1 aromatic heterocycles. The van der Waals surface area contributed by atoms with E-state index in [1.807, 2.05) is 32.0 Å². The first kappa shape index (κ1) is 18.4. The van der Waals surface area contributed by atoms with Gasteiger partial charge in [0.1, 0.15) is 18.8 Å². The Hall–Kier alpha value is -2.96. The normalized spacial score (nSPS) is 18.6. The average molecular weight is 383 g/mol. The molecule has 0 aliphatic carbocycles. The molecule has 2 aliphatic heterocycles. The molecule has 0 saturated carbocycles. The lowest BCUT2D eigenvalue weighted by Crippen LogP contribution is -2.46. The second kappa shape index (κ2) is 7.58. The number of likely N-dealkylation sites (tertiary alicyclic amines) is 1. The number of hydrogen-bond acceptors (Lipinski definition) is 5. The number of anilines is 1. The number of hydrogen-bond donors (Lipinski definition) is 2. The van der Waals surface area contributed by atoms with Gasteiger partial charge >= 0.3 is 0 Å². The summed E-state index contributed by atoms with van der Waals surface area (Å²) in [4.78, 5) is 29.7. The Labute approximate surface area is 163 Å². The number of nitrogens with zero attached hydrogens (tertiary/aromatic N) is 1. The summed E-state index contributed by atoms with van der Waals surface area (Å²) in [5.41, 5.74) is 2.52. The van der Waals surface area contributed by atoms with E-state index >= 15 is 0 Å². The monoisotopic (exact) mass is 383 g/mol. The maximum Gasteiger partial charge on any atom is 0.261 e. The first-order chi connectivity index (χ1) is 13.5. The summed E-state index contributed by atoms with van der Waals surface area (Å²) in [6, 6.07) is 7.60. The summed E-state index contributed by atoms with van der Waals surface area (Å²) < 4.78 is 11.2. The van der Waals surface area contributed by atoms with Crippen molar-refractivity contribution in [2.24, 2.45) is 0 Å². The van der Waals surface area contributed by atoms with E-state index in [1.165, 1.54) is 0 Å². The van der Waals surface area contributed by atoms with Crippen molar-refractivity contribution >= 4 is 11.6 Å². The summed E-state index contributed by atoms with van der Waals surface area (Å²) in [5, 5.41) is 3.49. The number of amides is 1. The summed E-state index contributed by atoms with van der Waals surface area (Å²) in [7, 11) is 0. The number of fused-ring (bicyclic) bond motifs is 1. The van der Waals surface area contributed by atoms with E-state index in [2.05, 4.69) is 10.3 Å². The number of aromatic nitrogens is 1. The van der Waals surface area contributed by atoms with Gasteiger partial charge in [-0.3, -0.25) is 9.59 Å². The number of carbonyl (C=O) groups is 1. The first-order valence-corrected chi connectivity index (χ1v) is 9.67. The zero-order valence-corrected chi connectivity index (χ0v) is 16.2. The lowest BCUT2D eigenvalue weighted by molar-refractivity contribution is 0.0713. The highest BCUT2D eigenvalue weighted by molar-refractivity contribution is 5.94. The third kappa shape index (κ3) is 3.69. The van der Waals surface area contributed by atoms with E-state index in [-0.39, 0.29) is 23.1 Å². The van der Waals surface area contributed by atoms with Crippen molar-refractivity contribution in [2.45, 2.75) is 32.7 Å². The Balaban J connectivity index is 1.46. The Morgan fingerprint density at radius 1 is 1.18 bits per heavy atom. The van der Waals surface area contributed by atoms with Crippen LogP contribution in [0.3, 0.4) is 0 Å². The van der Waals surface area contributed by atoms with Crippen molar-refractivity contribution in [1.82, 2.24) is 9.88 Å². The van der Waals surface area contributed by atoms with Gasteiger partial charge in [0.25, 0.3) is 11.5 Å². The van der Waals surface area contributed by atoms with Crippen molar-refractivity contribution in [3.05, 3.63) is 51.4 Å². The molecule has 2 aromatic rings. The zero-order chi connectivity index (χ0) is 19.7. The van der Waals surface area contributed by atoms with Crippen LogP contribution in [0.4, 0.5) is 5.69 Å². The quantitative estimate of drug-likeness (QED) is 0.851. The predicted octanol–water partition coefficient (Wildman–Crippen LogP) is 2.48. The summed E-state index contributed by atoms with van der Waals surface area (Å²) in [6.45, 7) is 6.05. The highest BCUT2D eigenvalue weighted by Crippen LogP contribution is 2.33. The fourth-order valence-electron chi connectivity index (χ4n) is 3.70. The average Bonchev–Trinajstić information content (AvgIpc) is 2.70. The van der Waals surface area contributed by atoms with E-state index in [9.17, 15) is 9.59 Å². The molecule has 0 bridgehead atoms. The minimum absolute atomic E-state index is 0.117. The van der Waals surface area contributed by atoms with Gasteiger partial charge in [0, 0.05) is 36.6 Å². The van der Waals surface area contributed by atoms with Crippen molar-refractivity contribution < 1.29 is 14.3 Å². The van der Waals surface area contributed by atoms with Crippen LogP contribution in [0.15, 0.2) is 29.1 Å². The van der Waals surface area contributed by atoms with Crippen LogP contribution in [-0.4, -0.2) is 48.1 Å². The van der Waals surface area contributed by atoms with Gasteiger partial charge in [-0.05, 0) is 50.5 Å². The Kier molecular flexibility index (Phi) is 4.98. The van der Waals surface area contributed by atoms with E-state index in [0.717, 1.165) is 41.3 Å². The van der Waals surface area contributed by atoms with Gasteiger partial charge in [-0.25, -0.2) is 0 Å². The predicted molar refractivity (Wildman–Crippen MR) is 107 cm³/mol. The molecule has 0 spiro atoms. The molecule has 1 aromatic carbocycles. The molecule has 0 radical (unpaired) electrons. The van der Waals surface area contributed by atoms with Crippen LogP contribution in [0, 0.1) is 13.8 Å². The smallest absolute Gasteiger partial charge is 0.261 e. The largest absolute Gasteiger partial charge is 0.486 e. The number of aromatic amines is 1. The number of pyridine rings is 1. The fourth-order valence-corrected chi connectivity index (χ4v) is 3.70. The van der Waals surface area contributed by atoms with E-state index < -0.39 is 0 Å². The number of ether oxygens (including phenoxy) is 2. The molecule has 148 valence electrons. The zero-order valence-electron chi connectivity index (χ0n) is 16.2. The third-order valence-electron chi connectivity index (χ3n) is 5.35. The molecule has 7 nitrogen and oxygen atoms in total. The van der Waals surface area contributed by atoms with Crippen molar-refractivity contribution in [1.29, 1.82) is 0 Å². The van der Waals surface area contributed by atoms with Crippen LogP contribution in [0.1, 0.15) is 34.5 Å². The van der Waals surface area contributed by atoms with Gasteiger partial charge < -0.3 is 24.7 Å². The Morgan fingerprint density at radius 2 is 1.96 bits per heavy atom. The highest BCUT2D eigenvalue weighted by atomic mass is 16.6. The minimum atomic E-state index is -0.324. The second-order valence-corrected chi connectivity index (χ2v) is 7.41. The van der Waals surface area contributed by atoms with Crippen LogP contribution >= 0.6 is 0 Å². The van der Waals surface area contributed by atoms with Crippen molar-refractivity contribution in [2.75, 3.05) is 31.6 Å². The number of carbonyl (C=O) groups excluding carboxylic acids is 1. The van der Waals surface area contributed by atoms with Crippen molar-refractivity contribution in [3.63, 3.8) is 0 Å². The van der Waals surface area contributed by atoms with Gasteiger partial charge in [0.05, 0.1) is 0 Å². The summed E-state index contributed by atoms with van der Waals surface area (Å²) >= 11 is 0. The van der Waals surface area contributed by atoms with Gasteiger partial charge in [-0.1, -0.05) is 0 Å². The molecule has 2 N–H and O–H groups in total. The number of aryl methyl sites for hydroxylation is 2. The molecular formula is C21H25N3O4. The van der Waals surface area contributed by atoms with E-state index in [1.54, 1.807) is 11.0 Å².